The van der Waals surface area contributed by atoms with Crippen molar-refractivity contribution in [2.75, 3.05) is 6.61 Å². The summed E-state index contributed by atoms with van der Waals surface area (Å²) in [5.74, 6) is 0.649. The Bertz CT molecular complexity index is 505. The number of hydrogen-bond acceptors (Lipinski definition) is 3. The minimum Gasteiger partial charge on any atom is -0.492 e. The molecule has 0 saturated carbocycles. The predicted octanol–water partition coefficient (Wildman–Crippen LogP) is 1.32. The van der Waals surface area contributed by atoms with Crippen LogP contribution in [-0.2, 0) is 0 Å². The smallest absolute Gasteiger partial charge is 0.258 e. The van der Waals surface area contributed by atoms with Gasteiger partial charge in [0.05, 0.1) is 18.3 Å². The lowest BCUT2D eigenvalue weighted by molar-refractivity contribution is 0.343. The van der Waals surface area contributed by atoms with Crippen molar-refractivity contribution >= 4 is 10.9 Å². The number of nitrogens with zero attached hydrogens (tertiary/aromatic N) is 1. The van der Waals surface area contributed by atoms with Gasteiger partial charge < -0.3 is 9.72 Å². The lowest BCUT2D eigenvalue weighted by Crippen LogP contribution is -2.07. The molecule has 1 aromatic carbocycles. The van der Waals surface area contributed by atoms with Crippen molar-refractivity contribution in [3.05, 3.63) is 34.9 Å². The van der Waals surface area contributed by atoms with Crippen LogP contribution in [0.25, 0.3) is 10.9 Å². The van der Waals surface area contributed by atoms with E-state index in [4.69, 9.17) is 4.74 Å². The number of para-hydroxylation sites is 1. The van der Waals surface area contributed by atoms with Crippen molar-refractivity contribution in [2.45, 2.75) is 6.92 Å². The third kappa shape index (κ3) is 1.35. The van der Waals surface area contributed by atoms with Gasteiger partial charge in [0.1, 0.15) is 11.3 Å². The summed E-state index contributed by atoms with van der Waals surface area (Å²) in [5.41, 5.74) is 0.467. The van der Waals surface area contributed by atoms with Gasteiger partial charge in [0.15, 0.2) is 0 Å². The second-order valence-electron chi connectivity index (χ2n) is 2.82. The number of nitrogens with one attached hydrogen (secondary N) is 1. The number of benzene rings is 1. The molecule has 0 fully saturated rings. The summed E-state index contributed by atoms with van der Waals surface area (Å²) in [6.07, 6.45) is 1.38. The van der Waals surface area contributed by atoms with Crippen LogP contribution in [-0.4, -0.2) is 16.6 Å². The van der Waals surface area contributed by atoms with Crippen molar-refractivity contribution in [1.82, 2.24) is 9.97 Å². The molecule has 0 atom stereocenters. The zero-order valence-electron chi connectivity index (χ0n) is 7.78. The number of ether oxygens (including phenoxy) is 1. The molecule has 2 rings (SSSR count). The number of rotatable bonds is 2. The summed E-state index contributed by atoms with van der Waals surface area (Å²) in [4.78, 5) is 18.0. The third-order valence-electron chi connectivity index (χ3n) is 1.93. The highest BCUT2D eigenvalue weighted by Gasteiger charge is 2.04. The van der Waals surface area contributed by atoms with Gasteiger partial charge in [-0.05, 0) is 19.1 Å². The molecule has 1 N–H and O–H groups in total. The zero-order chi connectivity index (χ0) is 9.97. The molecule has 0 spiro atoms. The SMILES string of the molecule is CCOc1cccc2c(=O)[nH]cnc12. The molecule has 2 aromatic rings. The molecule has 0 aliphatic heterocycles. The summed E-state index contributed by atoms with van der Waals surface area (Å²) >= 11 is 0. The van der Waals surface area contributed by atoms with E-state index in [-0.39, 0.29) is 5.56 Å². The maximum Gasteiger partial charge on any atom is 0.258 e. The Morgan fingerprint density at radius 3 is 3.14 bits per heavy atom. The molecular formula is C10H10N2O2. The fourth-order valence-corrected chi connectivity index (χ4v) is 1.34. The maximum atomic E-state index is 11.4. The first-order valence-electron chi connectivity index (χ1n) is 4.42. The monoisotopic (exact) mass is 190 g/mol. The summed E-state index contributed by atoms with van der Waals surface area (Å²) in [6, 6.07) is 5.31. The van der Waals surface area contributed by atoms with Crippen LogP contribution in [0.15, 0.2) is 29.3 Å². The van der Waals surface area contributed by atoms with Gasteiger partial charge >= 0.3 is 0 Å². The summed E-state index contributed by atoms with van der Waals surface area (Å²) in [7, 11) is 0. The largest absolute Gasteiger partial charge is 0.492 e. The van der Waals surface area contributed by atoms with Crippen LogP contribution in [0, 0.1) is 0 Å². The lowest BCUT2D eigenvalue weighted by atomic mass is 10.2. The van der Waals surface area contributed by atoms with E-state index < -0.39 is 0 Å². The highest BCUT2D eigenvalue weighted by Crippen LogP contribution is 2.19. The standard InChI is InChI=1S/C10H10N2O2/c1-2-14-8-5-3-4-7-9(8)11-6-12-10(7)13/h3-6H,2H2,1H3,(H,11,12,13). The lowest BCUT2D eigenvalue weighted by Gasteiger charge is -2.04. The van der Waals surface area contributed by atoms with Crippen LogP contribution < -0.4 is 10.3 Å². The Labute approximate surface area is 80.6 Å². The average Bonchev–Trinajstić information content (AvgIpc) is 2.20. The molecule has 0 amide bonds. The van der Waals surface area contributed by atoms with Gasteiger partial charge in [-0.1, -0.05) is 6.07 Å². The van der Waals surface area contributed by atoms with E-state index in [2.05, 4.69) is 9.97 Å². The van der Waals surface area contributed by atoms with Crippen molar-refractivity contribution in [1.29, 1.82) is 0 Å². The Morgan fingerprint density at radius 1 is 1.50 bits per heavy atom. The minimum absolute atomic E-state index is 0.142. The topological polar surface area (TPSA) is 55.0 Å². The first kappa shape index (κ1) is 8.74. The highest BCUT2D eigenvalue weighted by atomic mass is 16.5. The van der Waals surface area contributed by atoms with Crippen molar-refractivity contribution in [2.24, 2.45) is 0 Å². The normalized spacial score (nSPS) is 10.4. The Kier molecular flexibility index (Phi) is 2.18. The molecule has 4 heteroatoms. The van der Waals surface area contributed by atoms with Gasteiger partial charge in [-0.3, -0.25) is 4.79 Å². The molecule has 4 nitrogen and oxygen atoms in total. The molecule has 0 bridgehead atoms. The second-order valence-corrected chi connectivity index (χ2v) is 2.82. The van der Waals surface area contributed by atoms with Crippen LogP contribution in [0.4, 0.5) is 0 Å². The molecule has 72 valence electrons. The van der Waals surface area contributed by atoms with Crippen molar-refractivity contribution in [3.8, 4) is 5.75 Å². The Balaban J connectivity index is 2.75. The fraction of sp³-hybridized carbons (Fsp3) is 0.200. The quantitative estimate of drug-likeness (QED) is 0.777. The molecule has 0 unspecified atom stereocenters. The molecule has 0 radical (unpaired) electrons. The van der Waals surface area contributed by atoms with E-state index in [9.17, 15) is 4.79 Å². The van der Waals surface area contributed by atoms with Crippen molar-refractivity contribution in [3.63, 3.8) is 0 Å². The molecular weight excluding hydrogens is 180 g/mol. The third-order valence-corrected chi connectivity index (χ3v) is 1.93. The van der Waals surface area contributed by atoms with Gasteiger partial charge in [0.2, 0.25) is 0 Å². The fourth-order valence-electron chi connectivity index (χ4n) is 1.34. The zero-order valence-corrected chi connectivity index (χ0v) is 7.78. The number of hydrogen-bond donors (Lipinski definition) is 1. The average molecular weight is 190 g/mol. The van der Waals surface area contributed by atoms with Crippen LogP contribution in [0.2, 0.25) is 0 Å². The van der Waals surface area contributed by atoms with Crippen LogP contribution in [0.1, 0.15) is 6.92 Å². The van der Waals surface area contributed by atoms with Gasteiger partial charge in [-0.2, -0.15) is 0 Å². The molecule has 0 aliphatic rings. The van der Waals surface area contributed by atoms with Gasteiger partial charge in [0.25, 0.3) is 5.56 Å². The van der Waals surface area contributed by atoms with E-state index in [0.29, 0.717) is 23.3 Å². The summed E-state index contributed by atoms with van der Waals surface area (Å²) in [5, 5.41) is 0.554. The minimum atomic E-state index is -0.142. The van der Waals surface area contributed by atoms with Crippen molar-refractivity contribution < 1.29 is 4.74 Å². The number of aromatic nitrogens is 2. The molecule has 0 saturated heterocycles. The van der Waals surface area contributed by atoms with E-state index in [1.165, 1.54) is 6.33 Å². The predicted molar refractivity (Wildman–Crippen MR) is 53.5 cm³/mol. The highest BCUT2D eigenvalue weighted by molar-refractivity contribution is 5.83. The summed E-state index contributed by atoms with van der Waals surface area (Å²) in [6.45, 7) is 2.46. The van der Waals surface area contributed by atoms with E-state index >= 15 is 0 Å². The molecule has 1 aromatic heterocycles. The summed E-state index contributed by atoms with van der Waals surface area (Å²) < 4.78 is 5.36. The molecule has 14 heavy (non-hydrogen) atoms. The van der Waals surface area contributed by atoms with Gasteiger partial charge in [-0.15, -0.1) is 0 Å². The van der Waals surface area contributed by atoms with Crippen LogP contribution >= 0.6 is 0 Å². The number of H-pyrrole nitrogens is 1. The van der Waals surface area contributed by atoms with E-state index in [0.717, 1.165) is 0 Å². The van der Waals surface area contributed by atoms with E-state index in [1.54, 1.807) is 18.2 Å². The Morgan fingerprint density at radius 2 is 2.36 bits per heavy atom. The first-order valence-corrected chi connectivity index (χ1v) is 4.42. The molecule has 0 aliphatic carbocycles. The van der Waals surface area contributed by atoms with Crippen LogP contribution in [0.5, 0.6) is 5.75 Å². The first-order chi connectivity index (χ1) is 6.83. The maximum absolute atomic E-state index is 11.4. The second kappa shape index (κ2) is 3.49. The van der Waals surface area contributed by atoms with Gasteiger partial charge in [0, 0.05) is 0 Å². The molecule has 1 heterocycles. The number of fused-ring (bicyclic) bond motifs is 1. The Hall–Kier alpha value is -1.84. The van der Waals surface area contributed by atoms with E-state index in [1.807, 2.05) is 6.92 Å². The van der Waals surface area contributed by atoms with Gasteiger partial charge in [-0.25, -0.2) is 4.98 Å². The number of aromatic amines is 1. The van der Waals surface area contributed by atoms with Crippen LogP contribution in [0.3, 0.4) is 0 Å².